The van der Waals surface area contributed by atoms with Crippen LogP contribution in [0.4, 0.5) is 0 Å². The molecule has 0 aromatic carbocycles. The van der Waals surface area contributed by atoms with Crippen LogP contribution in [0.15, 0.2) is 0 Å². The topological polar surface area (TPSA) is 54.4 Å². The fourth-order valence-corrected chi connectivity index (χ4v) is 6.28. The van der Waals surface area contributed by atoms with Crippen LogP contribution < -0.4 is 0 Å². The molecule has 0 heterocycles. The summed E-state index contributed by atoms with van der Waals surface area (Å²) in [6.07, 6.45) is 10.9. The van der Waals surface area contributed by atoms with Crippen LogP contribution in [0.1, 0.15) is 57.8 Å². The van der Waals surface area contributed by atoms with E-state index in [2.05, 4.69) is 0 Å². The first-order chi connectivity index (χ1) is 9.43. The zero-order chi connectivity index (χ0) is 14.3. The van der Waals surface area contributed by atoms with E-state index in [4.69, 9.17) is 0 Å². The Morgan fingerprint density at radius 3 is 2.50 bits per heavy atom. The highest BCUT2D eigenvalue weighted by atomic mass is 32.2. The van der Waals surface area contributed by atoms with Gasteiger partial charge in [-0.3, -0.25) is 0 Å². The van der Waals surface area contributed by atoms with E-state index in [1.807, 2.05) is 0 Å². The molecule has 3 fully saturated rings. The van der Waals surface area contributed by atoms with Crippen molar-refractivity contribution in [1.29, 1.82) is 0 Å². The maximum atomic E-state index is 11.7. The van der Waals surface area contributed by atoms with Gasteiger partial charge in [-0.2, -0.15) is 0 Å². The van der Waals surface area contributed by atoms with E-state index in [0.29, 0.717) is 12.3 Å². The van der Waals surface area contributed by atoms with Crippen LogP contribution in [0.2, 0.25) is 0 Å². The molecule has 3 rings (SSSR count). The van der Waals surface area contributed by atoms with E-state index in [-0.39, 0.29) is 17.3 Å². The quantitative estimate of drug-likeness (QED) is 0.868. The second kappa shape index (κ2) is 5.60. The predicted molar refractivity (Wildman–Crippen MR) is 80.2 cm³/mol. The highest BCUT2D eigenvalue weighted by molar-refractivity contribution is 7.91. The molecule has 3 aliphatic carbocycles. The fourth-order valence-electron chi connectivity index (χ4n) is 5.09. The number of rotatable bonds is 4. The molecule has 0 saturated heterocycles. The molecule has 6 unspecified atom stereocenters. The lowest BCUT2D eigenvalue weighted by molar-refractivity contribution is 0.0538. The van der Waals surface area contributed by atoms with Crippen molar-refractivity contribution in [3.8, 4) is 0 Å². The Labute approximate surface area is 123 Å². The van der Waals surface area contributed by atoms with Crippen LogP contribution in [0.5, 0.6) is 0 Å². The number of aliphatic hydroxyl groups excluding tert-OH is 1. The summed E-state index contributed by atoms with van der Waals surface area (Å²) in [5.41, 5.74) is 0. The third-order valence-electron chi connectivity index (χ3n) is 6.25. The SMILES string of the molecule is CS(=O)(=O)C1CCCC(C(O)CC2CC3CCC2C3)C1. The molecular formula is C16H28O3S. The van der Waals surface area contributed by atoms with Gasteiger partial charge in [-0.25, -0.2) is 8.42 Å². The maximum absolute atomic E-state index is 11.7. The van der Waals surface area contributed by atoms with Gasteiger partial charge >= 0.3 is 0 Å². The van der Waals surface area contributed by atoms with Gasteiger partial charge in [-0.1, -0.05) is 12.8 Å². The molecule has 0 aliphatic heterocycles. The van der Waals surface area contributed by atoms with Crippen molar-refractivity contribution in [2.45, 2.75) is 69.1 Å². The second-order valence-corrected chi connectivity index (χ2v) is 9.94. The lowest BCUT2D eigenvalue weighted by atomic mass is 9.78. The summed E-state index contributed by atoms with van der Waals surface area (Å²) in [7, 11) is -2.94. The molecule has 3 aliphatic rings. The van der Waals surface area contributed by atoms with Crippen molar-refractivity contribution in [3.63, 3.8) is 0 Å². The molecule has 1 N–H and O–H groups in total. The fraction of sp³-hybridized carbons (Fsp3) is 1.00. The Morgan fingerprint density at radius 2 is 1.90 bits per heavy atom. The van der Waals surface area contributed by atoms with Crippen molar-refractivity contribution in [2.75, 3.05) is 6.26 Å². The van der Waals surface area contributed by atoms with Crippen molar-refractivity contribution in [2.24, 2.45) is 23.7 Å². The summed E-state index contributed by atoms with van der Waals surface area (Å²) in [5, 5.41) is 10.3. The summed E-state index contributed by atoms with van der Waals surface area (Å²) < 4.78 is 23.4. The summed E-state index contributed by atoms with van der Waals surface area (Å²) in [5.74, 6) is 2.70. The van der Waals surface area contributed by atoms with E-state index < -0.39 is 9.84 Å². The first-order valence-corrected chi connectivity index (χ1v) is 10.3. The Kier molecular flexibility index (Phi) is 4.15. The van der Waals surface area contributed by atoms with Gasteiger partial charge in [0.2, 0.25) is 0 Å². The van der Waals surface area contributed by atoms with Crippen LogP contribution in [0.25, 0.3) is 0 Å². The number of fused-ring (bicyclic) bond motifs is 2. The van der Waals surface area contributed by atoms with Gasteiger partial charge in [-0.05, 0) is 68.6 Å². The smallest absolute Gasteiger partial charge is 0.150 e. The van der Waals surface area contributed by atoms with Crippen LogP contribution in [0.3, 0.4) is 0 Å². The summed E-state index contributed by atoms with van der Waals surface area (Å²) >= 11 is 0. The molecular weight excluding hydrogens is 272 g/mol. The van der Waals surface area contributed by atoms with Crippen molar-refractivity contribution in [3.05, 3.63) is 0 Å². The van der Waals surface area contributed by atoms with Gasteiger partial charge in [0.1, 0.15) is 9.84 Å². The predicted octanol–water partition coefficient (Wildman–Crippen LogP) is 2.78. The molecule has 3 saturated carbocycles. The molecule has 0 amide bonds. The minimum atomic E-state index is -2.94. The monoisotopic (exact) mass is 300 g/mol. The Bertz CT molecular complexity index is 445. The number of hydrogen-bond donors (Lipinski definition) is 1. The molecule has 0 radical (unpaired) electrons. The summed E-state index contributed by atoms with van der Waals surface area (Å²) in [6, 6.07) is 0. The normalized spacial score (nSPS) is 42.8. The zero-order valence-electron chi connectivity index (χ0n) is 12.5. The minimum absolute atomic E-state index is 0.211. The Hall–Kier alpha value is -0.0900. The van der Waals surface area contributed by atoms with E-state index in [1.54, 1.807) is 0 Å². The average molecular weight is 300 g/mol. The van der Waals surface area contributed by atoms with Crippen LogP contribution in [0, 0.1) is 23.7 Å². The highest BCUT2D eigenvalue weighted by Gasteiger charge is 2.41. The molecule has 0 spiro atoms. The second-order valence-electron chi connectivity index (χ2n) is 7.62. The standard InChI is InChI=1S/C16H28O3S/c1-20(18,19)15-4-2-3-13(9-15)16(17)10-14-8-11-5-6-12(14)7-11/h11-17H,2-10H2,1H3. The van der Waals surface area contributed by atoms with Crippen LogP contribution >= 0.6 is 0 Å². The summed E-state index contributed by atoms with van der Waals surface area (Å²) in [6.45, 7) is 0. The van der Waals surface area contributed by atoms with Crippen LogP contribution in [-0.4, -0.2) is 31.1 Å². The molecule has 6 atom stereocenters. The minimum Gasteiger partial charge on any atom is -0.393 e. The van der Waals surface area contributed by atoms with Crippen molar-refractivity contribution < 1.29 is 13.5 Å². The van der Waals surface area contributed by atoms with E-state index in [9.17, 15) is 13.5 Å². The largest absolute Gasteiger partial charge is 0.393 e. The molecule has 4 heteroatoms. The van der Waals surface area contributed by atoms with Gasteiger partial charge in [0.25, 0.3) is 0 Å². The lowest BCUT2D eigenvalue weighted by Crippen LogP contribution is -2.34. The first-order valence-electron chi connectivity index (χ1n) is 8.30. The maximum Gasteiger partial charge on any atom is 0.150 e. The average Bonchev–Trinajstić information content (AvgIpc) is 3.00. The van der Waals surface area contributed by atoms with Crippen molar-refractivity contribution >= 4 is 9.84 Å². The van der Waals surface area contributed by atoms with E-state index >= 15 is 0 Å². The molecule has 3 nitrogen and oxygen atoms in total. The van der Waals surface area contributed by atoms with Gasteiger partial charge in [0.05, 0.1) is 11.4 Å². The number of hydrogen-bond acceptors (Lipinski definition) is 3. The third-order valence-corrected chi connectivity index (χ3v) is 7.88. The van der Waals surface area contributed by atoms with Gasteiger partial charge in [0, 0.05) is 6.26 Å². The van der Waals surface area contributed by atoms with E-state index in [0.717, 1.165) is 37.5 Å². The lowest BCUT2D eigenvalue weighted by Gasteiger charge is -2.33. The zero-order valence-corrected chi connectivity index (χ0v) is 13.3. The van der Waals surface area contributed by atoms with Gasteiger partial charge in [-0.15, -0.1) is 0 Å². The Morgan fingerprint density at radius 1 is 1.10 bits per heavy atom. The van der Waals surface area contributed by atoms with Gasteiger partial charge < -0.3 is 5.11 Å². The van der Waals surface area contributed by atoms with E-state index in [1.165, 1.54) is 31.9 Å². The summed E-state index contributed by atoms with van der Waals surface area (Å²) in [4.78, 5) is 0. The molecule has 20 heavy (non-hydrogen) atoms. The van der Waals surface area contributed by atoms with Crippen molar-refractivity contribution in [1.82, 2.24) is 0 Å². The van der Waals surface area contributed by atoms with Crippen LogP contribution in [-0.2, 0) is 9.84 Å². The molecule has 2 bridgehead atoms. The Balaban J connectivity index is 1.55. The van der Waals surface area contributed by atoms with Gasteiger partial charge in [0.15, 0.2) is 0 Å². The number of sulfone groups is 1. The molecule has 0 aromatic heterocycles. The molecule has 116 valence electrons. The first kappa shape index (κ1) is 14.8. The third kappa shape index (κ3) is 3.06. The number of aliphatic hydroxyl groups is 1. The highest BCUT2D eigenvalue weighted by Crippen LogP contribution is 2.50. The molecule has 0 aromatic rings.